The van der Waals surface area contributed by atoms with E-state index in [1.165, 1.54) is 0 Å². The molecule has 1 rings (SSSR count). The molecule has 0 fully saturated rings. The number of urea groups is 1. The van der Waals surface area contributed by atoms with E-state index >= 15 is 0 Å². The van der Waals surface area contributed by atoms with Crippen molar-refractivity contribution in [3.05, 3.63) is 44.5 Å². The molecule has 0 radical (unpaired) electrons. The Morgan fingerprint density at radius 3 is 1.25 bits per heavy atom. The normalized spacial score (nSPS) is 8.50. The van der Waals surface area contributed by atoms with Gasteiger partial charge in [0.15, 0.2) is 0 Å². The number of nitrogens with zero attached hydrogens (tertiary/aromatic N) is 2. The second-order valence-corrected chi connectivity index (χ2v) is 2.43. The van der Waals surface area contributed by atoms with Gasteiger partial charge in [-0.3, -0.25) is 20.2 Å². The zero-order valence-corrected chi connectivity index (χ0v) is 7.90. The fraction of sp³-hybridized carbons (Fsp3) is 0. The number of carbonyl (C=O) groups excluding carboxylic acids is 1. The number of carbonyl (C=O) groups is 1. The Morgan fingerprint density at radius 1 is 0.938 bits per heavy atom. The predicted octanol–water partition coefficient (Wildman–Crippen LogP) is 0.527. The van der Waals surface area contributed by atoms with Gasteiger partial charge in [0.05, 0.1) is 9.85 Å². The van der Waals surface area contributed by atoms with Crippen molar-refractivity contribution in [1.82, 2.24) is 0 Å². The number of amides is 2. The van der Waals surface area contributed by atoms with Crippen LogP contribution in [0.25, 0.3) is 0 Å². The summed E-state index contributed by atoms with van der Waals surface area (Å²) in [4.78, 5) is 28.0. The van der Waals surface area contributed by atoms with E-state index in [1.54, 1.807) is 0 Å². The molecule has 1 aromatic carbocycles. The monoisotopic (exact) mass is 228 g/mol. The van der Waals surface area contributed by atoms with Crippen LogP contribution in [0.2, 0.25) is 0 Å². The van der Waals surface area contributed by atoms with Crippen molar-refractivity contribution in [2.75, 3.05) is 0 Å². The van der Waals surface area contributed by atoms with Gasteiger partial charge in [0.25, 0.3) is 11.4 Å². The van der Waals surface area contributed by atoms with Crippen molar-refractivity contribution in [3.8, 4) is 0 Å². The van der Waals surface area contributed by atoms with E-state index in [0.29, 0.717) is 0 Å². The molecule has 4 N–H and O–H groups in total. The van der Waals surface area contributed by atoms with E-state index in [2.05, 4.69) is 11.5 Å². The van der Waals surface area contributed by atoms with Crippen molar-refractivity contribution in [2.45, 2.75) is 0 Å². The maximum absolute atomic E-state index is 10.1. The third-order valence-electron chi connectivity index (χ3n) is 1.27. The maximum Gasteiger partial charge on any atom is 0.309 e. The Balaban J connectivity index is 0.000000487. The van der Waals surface area contributed by atoms with Gasteiger partial charge in [0, 0.05) is 24.3 Å². The molecule has 0 unspecified atom stereocenters. The highest BCUT2D eigenvalue weighted by Crippen LogP contribution is 2.16. The van der Waals surface area contributed by atoms with Gasteiger partial charge < -0.3 is 11.5 Å². The lowest BCUT2D eigenvalue weighted by molar-refractivity contribution is -0.389. The summed E-state index contributed by atoms with van der Waals surface area (Å²) >= 11 is 0. The van der Waals surface area contributed by atoms with Crippen LogP contribution >= 0.6 is 0 Å². The lowest BCUT2D eigenvalue weighted by atomic mass is 10.3. The number of nitrogens with two attached hydrogens (primary N) is 2. The largest absolute Gasteiger partial charge is 0.352 e. The van der Waals surface area contributed by atoms with Crippen molar-refractivity contribution in [2.24, 2.45) is 11.5 Å². The first kappa shape index (κ1) is 13.3. The summed E-state index contributed by atoms with van der Waals surface area (Å²) in [6, 6.07) is 3.55. The number of rotatable bonds is 2. The van der Waals surface area contributed by atoms with E-state index in [0.717, 1.165) is 24.3 Å². The molecule has 0 aliphatic rings. The molecular weight excluding hydrogens is 220 g/mol. The fourth-order valence-electron chi connectivity index (χ4n) is 0.696. The number of non-ortho nitro benzene ring substituents is 2. The van der Waals surface area contributed by atoms with Gasteiger partial charge >= 0.3 is 6.03 Å². The van der Waals surface area contributed by atoms with Gasteiger partial charge in [-0.1, -0.05) is 0 Å². The molecule has 2 amide bonds. The quantitative estimate of drug-likeness (QED) is 0.557. The molecule has 0 aromatic heterocycles. The molecule has 1 aromatic rings. The van der Waals surface area contributed by atoms with E-state index in [9.17, 15) is 20.2 Å². The Bertz CT molecular complexity index is 365. The average Bonchev–Trinajstić information content (AvgIpc) is 2.17. The second-order valence-electron chi connectivity index (χ2n) is 2.43. The summed E-state index contributed by atoms with van der Waals surface area (Å²) in [7, 11) is 0. The summed E-state index contributed by atoms with van der Waals surface area (Å²) in [6.45, 7) is 0. The van der Waals surface area contributed by atoms with E-state index < -0.39 is 15.9 Å². The number of hydrogen-bond acceptors (Lipinski definition) is 5. The van der Waals surface area contributed by atoms with Crippen LogP contribution in [-0.2, 0) is 0 Å². The molecule has 0 saturated carbocycles. The van der Waals surface area contributed by atoms with Gasteiger partial charge in [0.2, 0.25) is 0 Å². The molecular formula is C7H8N4O5. The van der Waals surface area contributed by atoms with Gasteiger partial charge in [-0.15, -0.1) is 0 Å². The summed E-state index contributed by atoms with van der Waals surface area (Å²) < 4.78 is 0. The zero-order chi connectivity index (χ0) is 12.7. The number of nitro benzene ring substituents is 2. The van der Waals surface area contributed by atoms with Crippen LogP contribution in [0.4, 0.5) is 16.2 Å². The van der Waals surface area contributed by atoms with E-state index in [-0.39, 0.29) is 11.4 Å². The molecule has 0 atom stereocenters. The Hall–Kier alpha value is -2.71. The van der Waals surface area contributed by atoms with E-state index in [4.69, 9.17) is 4.79 Å². The molecule has 9 nitrogen and oxygen atoms in total. The topological polar surface area (TPSA) is 155 Å². The average molecular weight is 228 g/mol. The minimum Gasteiger partial charge on any atom is -0.352 e. The third kappa shape index (κ3) is 5.11. The highest BCUT2D eigenvalue weighted by Gasteiger charge is 2.08. The smallest absolute Gasteiger partial charge is 0.309 e. The summed E-state index contributed by atoms with van der Waals surface area (Å²) in [5.41, 5.74) is 8.20. The number of benzene rings is 1. The second kappa shape index (κ2) is 5.90. The molecule has 0 spiro atoms. The van der Waals surface area contributed by atoms with Crippen LogP contribution in [0.1, 0.15) is 0 Å². The maximum atomic E-state index is 10.1. The van der Waals surface area contributed by atoms with Crippen LogP contribution in [-0.4, -0.2) is 15.9 Å². The van der Waals surface area contributed by atoms with Crippen molar-refractivity contribution in [1.29, 1.82) is 0 Å². The van der Waals surface area contributed by atoms with Crippen LogP contribution in [0.15, 0.2) is 24.3 Å². The Labute approximate surface area is 88.9 Å². The van der Waals surface area contributed by atoms with Crippen molar-refractivity contribution < 1.29 is 14.6 Å². The number of hydrogen-bond donors (Lipinski definition) is 2. The standard InChI is InChI=1S/C6H4N2O4.CH4N2O/c9-7(10)5-1-2-6(4-3-5)8(11)12;2-1(3)4/h1-4H;(H4,2,3,4). The highest BCUT2D eigenvalue weighted by molar-refractivity contribution is 5.69. The Morgan fingerprint density at radius 2 is 1.12 bits per heavy atom. The molecule has 86 valence electrons. The minimum atomic E-state index is -0.833. The van der Waals surface area contributed by atoms with Crippen LogP contribution in [0.5, 0.6) is 0 Å². The number of primary amides is 2. The van der Waals surface area contributed by atoms with Crippen molar-refractivity contribution >= 4 is 17.4 Å². The predicted molar refractivity (Wildman–Crippen MR) is 53.5 cm³/mol. The Kier molecular flexibility index (Phi) is 4.90. The number of nitro groups is 2. The molecule has 0 aliphatic heterocycles. The van der Waals surface area contributed by atoms with Gasteiger partial charge in [-0.25, -0.2) is 4.79 Å². The summed E-state index contributed by atoms with van der Waals surface area (Å²) in [5.74, 6) is 0. The molecule has 16 heavy (non-hydrogen) atoms. The van der Waals surface area contributed by atoms with Gasteiger partial charge in [0.1, 0.15) is 0 Å². The SMILES string of the molecule is NC(N)=O.O=[N+]([O-])c1ccc([N+](=O)[O-])cc1. The summed E-state index contributed by atoms with van der Waals surface area (Å²) in [5, 5.41) is 20.2. The van der Waals surface area contributed by atoms with E-state index in [1.807, 2.05) is 0 Å². The van der Waals surface area contributed by atoms with Crippen LogP contribution in [0.3, 0.4) is 0 Å². The molecule has 0 heterocycles. The molecule has 0 bridgehead atoms. The first-order valence-corrected chi connectivity index (χ1v) is 3.78. The lowest BCUT2D eigenvalue weighted by Gasteiger charge is -1.90. The van der Waals surface area contributed by atoms with Crippen molar-refractivity contribution in [3.63, 3.8) is 0 Å². The lowest BCUT2D eigenvalue weighted by Crippen LogP contribution is -2.18. The summed E-state index contributed by atoms with van der Waals surface area (Å²) in [6.07, 6.45) is 0. The third-order valence-corrected chi connectivity index (χ3v) is 1.27. The van der Waals surface area contributed by atoms with Crippen LogP contribution in [0, 0.1) is 20.2 Å². The fourth-order valence-corrected chi connectivity index (χ4v) is 0.696. The zero-order valence-electron chi connectivity index (χ0n) is 7.90. The minimum absolute atomic E-state index is 0.152. The highest BCUT2D eigenvalue weighted by atomic mass is 16.6. The molecule has 0 aliphatic carbocycles. The first-order valence-electron chi connectivity index (χ1n) is 3.78. The molecule has 0 saturated heterocycles. The van der Waals surface area contributed by atoms with Gasteiger partial charge in [-0.2, -0.15) is 0 Å². The molecule has 9 heteroatoms. The van der Waals surface area contributed by atoms with Gasteiger partial charge in [-0.05, 0) is 0 Å². The first-order chi connectivity index (χ1) is 7.34. The van der Waals surface area contributed by atoms with Crippen LogP contribution < -0.4 is 11.5 Å².